The summed E-state index contributed by atoms with van der Waals surface area (Å²) in [5, 5.41) is 14.2. The Bertz CT molecular complexity index is 993. The quantitative estimate of drug-likeness (QED) is 0.330. The Morgan fingerprint density at radius 1 is 0.481 bits per heavy atom. The van der Waals surface area contributed by atoms with Gasteiger partial charge in [-0.05, 0) is 53.9 Å². The van der Waals surface area contributed by atoms with Crippen LogP contribution in [0.25, 0.3) is 31.6 Å². The van der Waals surface area contributed by atoms with E-state index < -0.39 is 0 Å². The van der Waals surface area contributed by atoms with Gasteiger partial charge in [0.2, 0.25) is 0 Å². The molecule has 0 spiro atoms. The minimum atomic E-state index is 0.872. The van der Waals surface area contributed by atoms with Crippen molar-refractivity contribution in [1.82, 2.24) is 0 Å². The van der Waals surface area contributed by atoms with E-state index in [4.69, 9.17) is 0 Å². The molecule has 0 bridgehead atoms. The first-order chi connectivity index (χ1) is 13.4. The first kappa shape index (κ1) is 16.9. The van der Waals surface area contributed by atoms with Crippen LogP contribution in [0.5, 0.6) is 0 Å². The summed E-state index contributed by atoms with van der Waals surface area (Å²) in [6, 6.07) is 37.7. The molecule has 0 nitrogen and oxygen atoms in total. The maximum Gasteiger partial charge on any atom is 0.0935 e. The third-order valence-electron chi connectivity index (χ3n) is 3.34. The number of thiophene rings is 3. The lowest BCUT2D eigenvalue weighted by molar-refractivity contribution is 1.95. The van der Waals surface area contributed by atoms with E-state index in [1.165, 1.54) is 0 Å². The van der Waals surface area contributed by atoms with Gasteiger partial charge in [-0.2, -0.15) is 0 Å². The SMILES string of the molecule is c1c#cc2cscc2c#cc#cc2sccc2c#cc#cc2cscc2c#1. The fourth-order valence-electron chi connectivity index (χ4n) is 2.07. The van der Waals surface area contributed by atoms with E-state index in [2.05, 4.69) is 72.8 Å². The van der Waals surface area contributed by atoms with E-state index in [-0.39, 0.29) is 0 Å². The lowest BCUT2D eigenvalue weighted by atomic mass is 10.3. The Hall–Kier alpha value is -3.54. The zero-order valence-corrected chi connectivity index (χ0v) is 16.1. The summed E-state index contributed by atoms with van der Waals surface area (Å²) in [5.41, 5.74) is 0. The maximum absolute atomic E-state index is 3.07. The Kier molecular flexibility index (Phi) is 5.15. The van der Waals surface area contributed by atoms with E-state index in [9.17, 15) is 0 Å². The van der Waals surface area contributed by atoms with Gasteiger partial charge < -0.3 is 0 Å². The molecular weight excluding hydrogens is 384 g/mol. The minimum Gasteiger partial charge on any atom is -0.150 e. The molecule has 27 heavy (non-hydrogen) atoms. The number of fused-ring (bicyclic) bond motifs is 3. The van der Waals surface area contributed by atoms with Gasteiger partial charge in [0.15, 0.2) is 0 Å². The summed E-state index contributed by atoms with van der Waals surface area (Å²) in [6.07, 6.45) is 0. The molecule has 4 aromatic rings. The minimum absolute atomic E-state index is 0.872. The van der Waals surface area contributed by atoms with E-state index in [0.29, 0.717) is 0 Å². The molecule has 0 amide bonds. The van der Waals surface area contributed by atoms with Gasteiger partial charge in [-0.1, -0.05) is 30.3 Å². The van der Waals surface area contributed by atoms with Crippen molar-refractivity contribution >= 4 is 65.6 Å². The topological polar surface area (TPSA) is 0 Å². The fourth-order valence-corrected chi connectivity index (χ4v) is 4.19. The summed E-state index contributed by atoms with van der Waals surface area (Å²) in [4.78, 5) is 0. The third kappa shape index (κ3) is 4.17. The van der Waals surface area contributed by atoms with Crippen molar-refractivity contribution in [3.8, 4) is 0 Å². The largest absolute Gasteiger partial charge is 0.150 e. The molecule has 0 N–H and O–H groups in total. The number of hydrogen-bond acceptors (Lipinski definition) is 3. The van der Waals surface area contributed by atoms with Gasteiger partial charge in [-0.25, -0.2) is 0 Å². The second-order valence-electron chi connectivity index (χ2n) is 5.06. The summed E-state index contributed by atoms with van der Waals surface area (Å²) in [6.45, 7) is 0. The average Bonchev–Trinajstić information content (AvgIpc) is 3.40. The normalized spacial score (nSPS) is 8.44. The highest BCUT2D eigenvalue weighted by Gasteiger charge is 1.87. The van der Waals surface area contributed by atoms with Gasteiger partial charge >= 0.3 is 0 Å². The molecule has 0 fully saturated rings. The summed E-state index contributed by atoms with van der Waals surface area (Å²) in [7, 11) is 0. The number of rotatable bonds is 0. The molecule has 3 heteroatoms. The molecule has 0 saturated heterocycles. The molecule has 0 aliphatic carbocycles. The van der Waals surface area contributed by atoms with E-state index in [1.54, 1.807) is 34.0 Å². The van der Waals surface area contributed by atoms with Crippen molar-refractivity contribution in [3.05, 3.63) is 106 Å². The predicted octanol–water partition coefficient (Wildman–Crippen LogP) is 6.31. The van der Waals surface area contributed by atoms with Gasteiger partial charge in [0.25, 0.3) is 0 Å². The fraction of sp³-hybridized carbons (Fsp3) is 0. The summed E-state index contributed by atoms with van der Waals surface area (Å²) >= 11 is 4.67. The van der Waals surface area contributed by atoms with Crippen molar-refractivity contribution in [2.24, 2.45) is 0 Å². The van der Waals surface area contributed by atoms with Crippen LogP contribution in [0.15, 0.2) is 33.0 Å². The smallest absolute Gasteiger partial charge is 0.0935 e. The molecule has 3 heterocycles. The molecule has 0 atom stereocenters. The highest BCUT2D eigenvalue weighted by molar-refractivity contribution is 7.17. The molecule has 0 saturated carbocycles. The predicted molar refractivity (Wildman–Crippen MR) is 112 cm³/mol. The van der Waals surface area contributed by atoms with Crippen molar-refractivity contribution in [3.63, 3.8) is 0 Å². The van der Waals surface area contributed by atoms with Gasteiger partial charge in [0.1, 0.15) is 0 Å². The van der Waals surface area contributed by atoms with E-state index in [1.807, 2.05) is 33.0 Å². The molecular formula is C24H6S3. The van der Waals surface area contributed by atoms with Crippen LogP contribution in [-0.2, 0) is 0 Å². The maximum atomic E-state index is 3.07. The Labute approximate surface area is 171 Å². The van der Waals surface area contributed by atoms with Crippen molar-refractivity contribution in [2.45, 2.75) is 0 Å². The molecule has 1 aromatic carbocycles. The lowest BCUT2D eigenvalue weighted by Gasteiger charge is -1.69. The van der Waals surface area contributed by atoms with Gasteiger partial charge in [0.05, 0.1) is 31.6 Å². The van der Waals surface area contributed by atoms with Crippen LogP contribution in [0.3, 0.4) is 0 Å². The Morgan fingerprint density at radius 2 is 0.889 bits per heavy atom. The van der Waals surface area contributed by atoms with Crippen molar-refractivity contribution in [1.29, 1.82) is 0 Å². The van der Waals surface area contributed by atoms with Crippen LogP contribution in [0.4, 0.5) is 0 Å². The van der Waals surface area contributed by atoms with Crippen LogP contribution in [0, 0.1) is 72.8 Å². The van der Waals surface area contributed by atoms with Gasteiger partial charge in [0, 0.05) is 21.5 Å². The van der Waals surface area contributed by atoms with Crippen LogP contribution in [0.2, 0.25) is 0 Å². The van der Waals surface area contributed by atoms with Gasteiger partial charge in [-0.3, -0.25) is 0 Å². The Morgan fingerprint density at radius 3 is 1.37 bits per heavy atom. The third-order valence-corrected chi connectivity index (χ3v) is 5.66. The summed E-state index contributed by atoms with van der Waals surface area (Å²) < 4.78 is 0.895. The number of hydrogen-bond donors (Lipinski definition) is 0. The highest BCUT2D eigenvalue weighted by Crippen LogP contribution is 2.14. The monoisotopic (exact) mass is 390 g/mol. The van der Waals surface area contributed by atoms with Crippen LogP contribution >= 0.6 is 34.0 Å². The second-order valence-corrected chi connectivity index (χ2v) is 7.46. The molecule has 0 aliphatic heterocycles. The van der Waals surface area contributed by atoms with Crippen molar-refractivity contribution in [2.75, 3.05) is 0 Å². The first-order valence-corrected chi connectivity index (χ1v) is 10.4. The average molecular weight is 391 g/mol. The van der Waals surface area contributed by atoms with Gasteiger partial charge in [-0.15, -0.1) is 34.0 Å². The zero-order chi connectivity index (χ0) is 18.3. The molecule has 3 aromatic heterocycles. The first-order valence-electron chi connectivity index (χ1n) is 7.66. The van der Waals surface area contributed by atoms with E-state index in [0.717, 1.165) is 31.6 Å². The molecule has 0 unspecified atom stereocenters. The molecule has 120 valence electrons. The van der Waals surface area contributed by atoms with Crippen LogP contribution < -0.4 is 0 Å². The molecule has 0 radical (unpaired) electrons. The Balaban J connectivity index is 1.96. The highest BCUT2D eigenvalue weighted by atomic mass is 32.1. The zero-order valence-electron chi connectivity index (χ0n) is 13.7. The molecule has 4 rings (SSSR count). The van der Waals surface area contributed by atoms with Crippen LogP contribution in [0.1, 0.15) is 0 Å². The van der Waals surface area contributed by atoms with Crippen molar-refractivity contribution < 1.29 is 0 Å². The second kappa shape index (κ2) is 8.23. The lowest BCUT2D eigenvalue weighted by Crippen LogP contribution is -1.50. The van der Waals surface area contributed by atoms with Crippen LogP contribution in [-0.4, -0.2) is 0 Å². The molecule has 0 aliphatic rings. The van der Waals surface area contributed by atoms with E-state index >= 15 is 0 Å². The standard InChI is InChI=1S/C24H6S3/c1-2-8-20-15-25-16-21(20)9-3-4-10-22-17-26-18-23(22)11-5-6-12-24-19(7-1)13-14-27-24/h13-18H. The summed E-state index contributed by atoms with van der Waals surface area (Å²) in [5.74, 6) is 0.